The highest BCUT2D eigenvalue weighted by Gasteiger charge is 2.41. The Bertz CT molecular complexity index is 930. The van der Waals surface area contributed by atoms with Crippen LogP contribution in [0.15, 0.2) is 18.2 Å². The summed E-state index contributed by atoms with van der Waals surface area (Å²) in [6, 6.07) is 2.56. The number of rotatable bonds is 14. The molecular formula is C21H26O14. The number of hydrogen-bond donors (Lipinski definition) is 7. The molecule has 0 fully saturated rings. The summed E-state index contributed by atoms with van der Waals surface area (Å²) < 4.78 is 14.5. The maximum Gasteiger partial charge on any atom is 0.336 e. The van der Waals surface area contributed by atoms with E-state index in [1.807, 2.05) is 0 Å². The molecule has 0 radical (unpaired) electrons. The number of carboxylic acids is 1. The van der Waals surface area contributed by atoms with Crippen LogP contribution in [0.25, 0.3) is 6.08 Å². The second-order valence-corrected chi connectivity index (χ2v) is 7.04. The number of aromatic hydroxyl groups is 1. The number of allylic oxidation sites excluding steroid dienone is 1. The van der Waals surface area contributed by atoms with Crippen LogP contribution in [0.5, 0.6) is 17.2 Å². The second kappa shape index (κ2) is 13.4. The molecule has 0 aromatic heterocycles. The largest absolute Gasteiger partial charge is 0.502 e. The number of carboxylic acid groups (broad SMARTS) is 1. The normalized spacial score (nSPS) is 15.5. The third-order valence-electron chi connectivity index (χ3n) is 4.56. The molecule has 0 aliphatic rings. The predicted molar refractivity (Wildman–Crippen MR) is 114 cm³/mol. The van der Waals surface area contributed by atoms with Crippen molar-refractivity contribution in [2.24, 2.45) is 0 Å². The first-order valence-corrected chi connectivity index (χ1v) is 9.84. The minimum Gasteiger partial charge on any atom is -0.502 e. The van der Waals surface area contributed by atoms with Crippen molar-refractivity contribution in [2.75, 3.05) is 20.8 Å². The lowest BCUT2D eigenvalue weighted by molar-refractivity contribution is -0.180. The molecule has 0 saturated heterocycles. The van der Waals surface area contributed by atoms with E-state index in [1.165, 1.54) is 26.4 Å². The van der Waals surface area contributed by atoms with Crippen molar-refractivity contribution in [1.82, 2.24) is 0 Å². The number of aliphatic hydroxyl groups is 5. The summed E-state index contributed by atoms with van der Waals surface area (Å²) in [4.78, 5) is 47.7. The first-order valence-electron chi connectivity index (χ1n) is 9.84. The van der Waals surface area contributed by atoms with Gasteiger partial charge >= 0.3 is 11.9 Å². The SMILES string of the molecule is COc1cc(C=CC(=O)C(=O)[C@H](OC(=O)C(O)CC(=O)O)[C@@H](O)[C@H](O)[C@H](O)CO)cc(OC)c1O. The molecule has 0 spiro atoms. The van der Waals surface area contributed by atoms with Crippen molar-refractivity contribution < 1.29 is 69.1 Å². The molecule has 35 heavy (non-hydrogen) atoms. The molecule has 0 amide bonds. The molecule has 194 valence electrons. The molecule has 0 bridgehead atoms. The number of carbonyl (C=O) groups is 4. The van der Waals surface area contributed by atoms with Crippen LogP contribution in [0.4, 0.5) is 0 Å². The van der Waals surface area contributed by atoms with Gasteiger partial charge in [-0.1, -0.05) is 6.08 Å². The molecule has 1 unspecified atom stereocenters. The maximum absolute atomic E-state index is 12.6. The van der Waals surface area contributed by atoms with Crippen LogP contribution in [0, 0.1) is 0 Å². The summed E-state index contributed by atoms with van der Waals surface area (Å²) in [5.74, 6) is -6.71. The van der Waals surface area contributed by atoms with Gasteiger partial charge in [0.1, 0.15) is 18.3 Å². The molecule has 7 N–H and O–H groups in total. The highest BCUT2D eigenvalue weighted by molar-refractivity contribution is 6.44. The fraction of sp³-hybridized carbons (Fsp3) is 0.429. The third kappa shape index (κ3) is 8.01. The van der Waals surface area contributed by atoms with Gasteiger partial charge in [-0.3, -0.25) is 14.4 Å². The molecule has 1 rings (SSSR count). The van der Waals surface area contributed by atoms with Crippen molar-refractivity contribution in [3.8, 4) is 17.2 Å². The fourth-order valence-corrected chi connectivity index (χ4v) is 2.65. The summed E-state index contributed by atoms with van der Waals surface area (Å²) in [6.45, 7) is -1.08. The number of phenols is 1. The van der Waals surface area contributed by atoms with Crippen LogP contribution in [0.3, 0.4) is 0 Å². The summed E-state index contributed by atoms with van der Waals surface area (Å²) in [7, 11) is 2.50. The number of ether oxygens (including phenoxy) is 3. The smallest absolute Gasteiger partial charge is 0.336 e. The lowest BCUT2D eigenvalue weighted by Gasteiger charge is -2.27. The van der Waals surface area contributed by atoms with E-state index < -0.39 is 67.1 Å². The third-order valence-corrected chi connectivity index (χ3v) is 4.56. The summed E-state index contributed by atoms with van der Waals surface area (Å²) in [5, 5.41) is 66.7. The van der Waals surface area contributed by atoms with Gasteiger partial charge in [-0.05, 0) is 23.8 Å². The van der Waals surface area contributed by atoms with Crippen molar-refractivity contribution in [3.05, 3.63) is 23.8 Å². The number of Topliss-reactive ketones (excluding diaryl/α,β-unsaturated/α-hetero) is 1. The van der Waals surface area contributed by atoms with E-state index in [4.69, 9.17) is 19.7 Å². The van der Waals surface area contributed by atoms with Crippen LogP contribution in [-0.4, -0.2) is 111 Å². The Morgan fingerprint density at radius 1 is 0.971 bits per heavy atom. The van der Waals surface area contributed by atoms with Gasteiger partial charge in [0.05, 0.1) is 27.2 Å². The molecule has 1 aromatic rings. The van der Waals surface area contributed by atoms with E-state index in [0.717, 1.165) is 6.08 Å². The number of hydrogen-bond acceptors (Lipinski definition) is 13. The maximum atomic E-state index is 12.6. The van der Waals surface area contributed by atoms with E-state index >= 15 is 0 Å². The highest BCUT2D eigenvalue weighted by atomic mass is 16.6. The van der Waals surface area contributed by atoms with E-state index in [9.17, 15) is 44.7 Å². The number of esters is 1. The zero-order valence-electron chi connectivity index (χ0n) is 18.6. The molecule has 14 heteroatoms. The zero-order valence-corrected chi connectivity index (χ0v) is 18.6. The van der Waals surface area contributed by atoms with Gasteiger partial charge in [0.25, 0.3) is 0 Å². The first-order chi connectivity index (χ1) is 16.4. The number of benzene rings is 1. The van der Waals surface area contributed by atoms with Crippen LogP contribution in [-0.2, 0) is 23.9 Å². The number of aliphatic carboxylic acids is 1. The Kier molecular flexibility index (Phi) is 11.2. The molecule has 0 saturated carbocycles. The second-order valence-electron chi connectivity index (χ2n) is 7.04. The zero-order chi connectivity index (χ0) is 26.9. The molecule has 14 nitrogen and oxygen atoms in total. The van der Waals surface area contributed by atoms with Gasteiger partial charge in [0, 0.05) is 0 Å². The van der Waals surface area contributed by atoms with Crippen molar-refractivity contribution in [2.45, 2.75) is 36.9 Å². The minimum atomic E-state index is -2.48. The summed E-state index contributed by atoms with van der Waals surface area (Å²) in [6.07, 6.45) is -10.9. The van der Waals surface area contributed by atoms with Gasteiger partial charge in [-0.2, -0.15) is 0 Å². The van der Waals surface area contributed by atoms with Gasteiger partial charge in [0.15, 0.2) is 23.7 Å². The van der Waals surface area contributed by atoms with Crippen molar-refractivity contribution >= 4 is 29.6 Å². The average Bonchev–Trinajstić information content (AvgIpc) is 2.83. The Morgan fingerprint density at radius 3 is 1.97 bits per heavy atom. The highest BCUT2D eigenvalue weighted by Crippen LogP contribution is 2.37. The van der Waals surface area contributed by atoms with Crippen molar-refractivity contribution in [3.63, 3.8) is 0 Å². The number of phenolic OH excluding ortho intramolecular Hbond substituents is 1. The lowest BCUT2D eigenvalue weighted by Crippen LogP contribution is -2.52. The van der Waals surface area contributed by atoms with Gasteiger partial charge < -0.3 is 50.0 Å². The standard InChI is InChI=1S/C21H26O14/c1-33-13-5-9(6-14(34-2)18(13)30)3-4-10(23)17(29)20(19(31)16(28)12(25)8-22)35-21(32)11(24)7-15(26)27/h3-6,11-12,16,19-20,22,24-25,28,30-31H,7-8H2,1-2H3,(H,26,27)/t11?,12-,16-,19+,20+/m1/s1. The number of carbonyl (C=O) groups excluding carboxylic acids is 3. The van der Waals surface area contributed by atoms with E-state index in [0.29, 0.717) is 6.08 Å². The van der Waals surface area contributed by atoms with Crippen LogP contribution >= 0.6 is 0 Å². The summed E-state index contributed by atoms with van der Waals surface area (Å²) >= 11 is 0. The minimum absolute atomic E-state index is 0.0291. The Balaban J connectivity index is 3.22. The number of methoxy groups -OCH3 is 2. The molecule has 1 aromatic carbocycles. The van der Waals surface area contributed by atoms with Crippen LogP contribution < -0.4 is 9.47 Å². The predicted octanol–water partition coefficient (Wildman–Crippen LogP) is -2.62. The quantitative estimate of drug-likeness (QED) is 0.0783. The average molecular weight is 502 g/mol. The van der Waals surface area contributed by atoms with E-state index in [1.54, 1.807) is 0 Å². The van der Waals surface area contributed by atoms with Crippen LogP contribution in [0.2, 0.25) is 0 Å². The fourth-order valence-electron chi connectivity index (χ4n) is 2.65. The number of aliphatic hydroxyl groups excluding tert-OH is 5. The Labute approximate surface area is 198 Å². The Hall–Kier alpha value is -3.56. The van der Waals surface area contributed by atoms with E-state index in [2.05, 4.69) is 4.74 Å². The van der Waals surface area contributed by atoms with Gasteiger partial charge in [-0.25, -0.2) is 4.79 Å². The Morgan fingerprint density at radius 2 is 1.51 bits per heavy atom. The lowest BCUT2D eigenvalue weighted by atomic mass is 9.97. The molecular weight excluding hydrogens is 476 g/mol. The number of ketones is 2. The topological polar surface area (TPSA) is 238 Å². The molecule has 0 aliphatic carbocycles. The van der Waals surface area contributed by atoms with Gasteiger partial charge in [0.2, 0.25) is 17.3 Å². The van der Waals surface area contributed by atoms with Crippen LogP contribution in [0.1, 0.15) is 12.0 Å². The molecule has 0 heterocycles. The molecule has 0 aliphatic heterocycles. The molecule has 5 atom stereocenters. The van der Waals surface area contributed by atoms with Gasteiger partial charge in [-0.15, -0.1) is 0 Å². The van der Waals surface area contributed by atoms with Crippen molar-refractivity contribution in [1.29, 1.82) is 0 Å². The van der Waals surface area contributed by atoms with E-state index in [-0.39, 0.29) is 22.8 Å². The summed E-state index contributed by atoms with van der Waals surface area (Å²) in [5.41, 5.74) is 0.208. The first kappa shape index (κ1) is 29.5. The monoisotopic (exact) mass is 502 g/mol.